The third kappa shape index (κ3) is 347. The normalized spacial score (nSPS) is 8.00. The first-order chi connectivity index (χ1) is 3.46. The van der Waals surface area contributed by atoms with Crippen LogP contribution < -0.4 is 22.9 Å². The molecule has 0 spiro atoms. The summed E-state index contributed by atoms with van der Waals surface area (Å²) in [5.74, 6) is 0. The Labute approximate surface area is 78.7 Å². The van der Waals surface area contributed by atoms with Crippen molar-refractivity contribution in [2.24, 2.45) is 22.9 Å². The minimum absolute atomic E-state index is 0. The van der Waals surface area contributed by atoms with Gasteiger partial charge in [0, 0.05) is 19.5 Å². The quantitative estimate of drug-likeness (QED) is 0.194. The SMILES string of the molecule is NC(N)[SH2+].NC(N)[SH2+].[Zn]. The zero-order valence-electron chi connectivity index (χ0n) is 5.17. The zero-order valence-corrected chi connectivity index (χ0v) is 10.1. The molecule has 8 N–H and O–H groups in total. The average molecular weight is 224 g/mol. The molecular formula is C2H14N4S2Zn+2. The van der Waals surface area contributed by atoms with Crippen LogP contribution in [0.5, 0.6) is 0 Å². The van der Waals surface area contributed by atoms with Crippen LogP contribution in [0.15, 0.2) is 0 Å². The third-order valence-electron chi connectivity index (χ3n) is 0. The van der Waals surface area contributed by atoms with Gasteiger partial charge >= 0.3 is 0 Å². The molecule has 4 nitrogen and oxygen atoms in total. The van der Waals surface area contributed by atoms with Gasteiger partial charge in [-0.15, -0.1) is 0 Å². The Morgan fingerprint density at radius 2 is 0.778 bits per heavy atom. The molecule has 0 radical (unpaired) electrons. The van der Waals surface area contributed by atoms with Crippen LogP contribution in [-0.2, 0) is 44.7 Å². The van der Waals surface area contributed by atoms with Gasteiger partial charge in [0.15, 0.2) is 0 Å². The predicted molar refractivity (Wildman–Crippen MR) is 44.6 cm³/mol. The standard InChI is InChI=1S/2CH6N2S.Zn/c2*2-1(3)4;/h2*1,4H,2-3H2;/p+2. The second-order valence-electron chi connectivity index (χ2n) is 1.05. The summed E-state index contributed by atoms with van der Waals surface area (Å²) < 4.78 is 0. The summed E-state index contributed by atoms with van der Waals surface area (Å²) in [6.45, 7) is 0. The summed E-state index contributed by atoms with van der Waals surface area (Å²) in [7, 11) is 0. The Balaban J connectivity index is -0.0000000720. The van der Waals surface area contributed by atoms with E-state index in [-0.39, 0.29) is 30.5 Å². The Morgan fingerprint density at radius 1 is 0.778 bits per heavy atom. The Bertz CT molecular complexity index is 32.0. The molecule has 0 rings (SSSR count). The van der Waals surface area contributed by atoms with E-state index in [2.05, 4.69) is 25.3 Å². The molecule has 9 heavy (non-hydrogen) atoms. The van der Waals surface area contributed by atoms with Crippen molar-refractivity contribution in [1.29, 1.82) is 0 Å². The van der Waals surface area contributed by atoms with E-state index in [1.165, 1.54) is 0 Å². The van der Waals surface area contributed by atoms with Gasteiger partial charge in [-0.3, -0.25) is 22.9 Å². The monoisotopic (exact) mass is 222 g/mol. The predicted octanol–water partition coefficient (Wildman–Crippen LogP) is -3.60. The summed E-state index contributed by atoms with van der Waals surface area (Å²) in [6.07, 6.45) is 0. The van der Waals surface area contributed by atoms with Gasteiger partial charge in [0.2, 0.25) is 11.0 Å². The molecule has 0 aliphatic carbocycles. The maximum Gasteiger partial charge on any atom is 0.215 e. The first kappa shape index (κ1) is 16.6. The van der Waals surface area contributed by atoms with Gasteiger partial charge in [0.25, 0.3) is 0 Å². The van der Waals surface area contributed by atoms with E-state index >= 15 is 0 Å². The van der Waals surface area contributed by atoms with E-state index in [1.54, 1.807) is 0 Å². The molecule has 0 heterocycles. The molecule has 0 aromatic carbocycles. The fraction of sp³-hybridized carbons (Fsp3) is 1.00. The maximum absolute atomic E-state index is 4.80. The zero-order chi connectivity index (χ0) is 7.15. The molecular weight excluding hydrogens is 210 g/mol. The Hall–Kier alpha value is 1.16. The van der Waals surface area contributed by atoms with E-state index in [9.17, 15) is 0 Å². The molecule has 0 amide bonds. The largest absolute Gasteiger partial charge is 0.273 e. The molecule has 0 aliphatic heterocycles. The first-order valence-corrected chi connectivity index (χ1v) is 3.07. The number of hydrogen-bond donors (Lipinski definition) is 4. The van der Waals surface area contributed by atoms with Crippen LogP contribution in [0.3, 0.4) is 0 Å². The van der Waals surface area contributed by atoms with E-state index < -0.39 is 0 Å². The van der Waals surface area contributed by atoms with Crippen molar-refractivity contribution in [1.82, 2.24) is 0 Å². The van der Waals surface area contributed by atoms with E-state index in [0.29, 0.717) is 0 Å². The molecule has 0 aromatic heterocycles. The van der Waals surface area contributed by atoms with Crippen molar-refractivity contribution in [3.63, 3.8) is 0 Å². The van der Waals surface area contributed by atoms with Crippen LogP contribution >= 0.6 is 0 Å². The van der Waals surface area contributed by atoms with Crippen molar-refractivity contribution in [3.8, 4) is 0 Å². The summed E-state index contributed by atoms with van der Waals surface area (Å²) in [5, 5.41) is 0. The van der Waals surface area contributed by atoms with Crippen LogP contribution in [0.25, 0.3) is 0 Å². The Morgan fingerprint density at radius 3 is 0.778 bits per heavy atom. The van der Waals surface area contributed by atoms with Gasteiger partial charge in [0.05, 0.1) is 0 Å². The second-order valence-corrected chi connectivity index (χ2v) is 2.38. The smallest absolute Gasteiger partial charge is 0.215 e. The topological polar surface area (TPSA) is 104 Å². The third-order valence-corrected chi connectivity index (χ3v) is 0. The number of rotatable bonds is 0. The van der Waals surface area contributed by atoms with Gasteiger partial charge in [-0.2, -0.15) is 0 Å². The molecule has 0 unspecified atom stereocenters. The van der Waals surface area contributed by atoms with Crippen LogP contribution in [0.4, 0.5) is 0 Å². The van der Waals surface area contributed by atoms with E-state index in [4.69, 9.17) is 22.9 Å². The molecule has 0 fully saturated rings. The van der Waals surface area contributed by atoms with Gasteiger partial charge in [-0.1, -0.05) is 0 Å². The molecule has 54 valence electrons. The summed E-state index contributed by atoms with van der Waals surface area (Å²) in [5.41, 5.74) is 18.5. The van der Waals surface area contributed by atoms with Crippen LogP contribution in [0.2, 0.25) is 0 Å². The molecule has 0 aliphatic rings. The molecule has 0 bridgehead atoms. The fourth-order valence-corrected chi connectivity index (χ4v) is 0. The number of hydrogen-bond acceptors (Lipinski definition) is 4. The van der Waals surface area contributed by atoms with Crippen molar-refractivity contribution < 1.29 is 19.5 Å². The van der Waals surface area contributed by atoms with Gasteiger partial charge in [-0.05, 0) is 25.3 Å². The minimum atomic E-state index is -0.361. The molecule has 0 aromatic rings. The van der Waals surface area contributed by atoms with Gasteiger partial charge < -0.3 is 0 Å². The van der Waals surface area contributed by atoms with Crippen molar-refractivity contribution in [3.05, 3.63) is 0 Å². The van der Waals surface area contributed by atoms with Crippen LogP contribution in [0, 0.1) is 0 Å². The van der Waals surface area contributed by atoms with Crippen LogP contribution in [0.1, 0.15) is 0 Å². The summed E-state index contributed by atoms with van der Waals surface area (Å²) in [4.78, 5) is 0. The summed E-state index contributed by atoms with van der Waals surface area (Å²) >= 11 is 5.73. The van der Waals surface area contributed by atoms with E-state index in [1.807, 2.05) is 0 Å². The minimum Gasteiger partial charge on any atom is -0.273 e. The van der Waals surface area contributed by atoms with Crippen molar-refractivity contribution >= 4 is 25.3 Å². The first-order valence-electron chi connectivity index (χ1n) is 1.91. The maximum atomic E-state index is 4.80. The number of nitrogens with two attached hydrogens (primary N) is 4. The molecule has 0 saturated carbocycles. The second kappa shape index (κ2) is 11.9. The fourth-order valence-electron chi connectivity index (χ4n) is 0. The van der Waals surface area contributed by atoms with E-state index in [0.717, 1.165) is 0 Å². The van der Waals surface area contributed by atoms with Gasteiger partial charge in [-0.25, -0.2) is 0 Å². The molecule has 0 saturated heterocycles. The average Bonchev–Trinajstić information content (AvgIpc) is 1.25. The van der Waals surface area contributed by atoms with Gasteiger partial charge in [0.1, 0.15) is 0 Å². The van der Waals surface area contributed by atoms with Crippen molar-refractivity contribution in [2.45, 2.75) is 11.0 Å². The molecule has 7 heteroatoms. The van der Waals surface area contributed by atoms with Crippen molar-refractivity contribution in [2.75, 3.05) is 0 Å². The van der Waals surface area contributed by atoms with Crippen LogP contribution in [-0.4, -0.2) is 11.0 Å². The summed E-state index contributed by atoms with van der Waals surface area (Å²) in [6, 6.07) is 0. The Kier molecular flexibility index (Phi) is 22.0. The molecule has 0 atom stereocenters.